The van der Waals surface area contributed by atoms with Gasteiger partial charge in [-0.05, 0) is 0 Å². The summed E-state index contributed by atoms with van der Waals surface area (Å²) in [6.45, 7) is 6.55. The number of nitriles is 2. The summed E-state index contributed by atoms with van der Waals surface area (Å²) in [4.78, 5) is 0. The molecule has 23 heavy (non-hydrogen) atoms. The predicted octanol–water partition coefficient (Wildman–Crippen LogP) is 1.94. The summed E-state index contributed by atoms with van der Waals surface area (Å²) in [5.74, 6) is 0. The highest BCUT2D eigenvalue weighted by atomic mass is 16.5. The van der Waals surface area contributed by atoms with Crippen LogP contribution in [0.5, 0.6) is 0 Å². The minimum Gasteiger partial charge on any atom is -0.389 e. The average Bonchev–Trinajstić information content (AvgIpc) is 2.60. The van der Waals surface area contributed by atoms with E-state index in [4.69, 9.17) is 15.3 Å². The van der Waals surface area contributed by atoms with Crippen molar-refractivity contribution in [1.29, 1.82) is 10.5 Å². The quantitative estimate of drug-likeness (QED) is 0.475. The molecule has 0 aliphatic carbocycles. The first kappa shape index (κ1) is 17.0. The molecule has 5 heteroatoms. The van der Waals surface area contributed by atoms with Crippen molar-refractivity contribution in [1.82, 2.24) is 5.32 Å². The maximum absolute atomic E-state index is 8.69. The minimum absolute atomic E-state index is 0.115. The Hall–Kier alpha value is -2.34. The average molecular weight is 311 g/mol. The number of rotatable bonds is 7. The molecule has 1 aliphatic rings. The van der Waals surface area contributed by atoms with Gasteiger partial charge in [0, 0.05) is 24.7 Å². The summed E-state index contributed by atoms with van der Waals surface area (Å²) in [6.07, 6.45) is 2.49. The molecule has 1 fully saturated rings. The molecule has 0 saturated carbocycles. The topological polar surface area (TPSA) is 68.8 Å². The van der Waals surface area contributed by atoms with E-state index in [-0.39, 0.29) is 5.57 Å². The number of morpholine rings is 1. The lowest BCUT2D eigenvalue weighted by atomic mass is 10.1. The fourth-order valence-electron chi connectivity index (χ4n) is 2.94. The zero-order chi connectivity index (χ0) is 16.4. The van der Waals surface area contributed by atoms with E-state index in [1.54, 1.807) is 0 Å². The van der Waals surface area contributed by atoms with E-state index >= 15 is 0 Å². The predicted molar refractivity (Wildman–Crippen MR) is 87.8 cm³/mol. The van der Waals surface area contributed by atoms with Crippen molar-refractivity contribution in [2.45, 2.75) is 13.0 Å². The number of nitrogens with one attached hydrogen (secondary N) is 1. The molecule has 2 rings (SSSR count). The summed E-state index contributed by atoms with van der Waals surface area (Å²) < 4.78 is 6.58. The van der Waals surface area contributed by atoms with E-state index in [1.165, 1.54) is 11.8 Å². The third kappa shape index (κ3) is 5.41. The van der Waals surface area contributed by atoms with Crippen molar-refractivity contribution in [3.8, 4) is 12.1 Å². The first-order chi connectivity index (χ1) is 11.3. The molecule has 1 N–H and O–H groups in total. The molecule has 0 radical (unpaired) electrons. The third-order valence-corrected chi connectivity index (χ3v) is 4.22. The number of hydrogen-bond acceptors (Lipinski definition) is 4. The molecule has 0 aromatic heterocycles. The largest absolute Gasteiger partial charge is 0.389 e. The summed E-state index contributed by atoms with van der Waals surface area (Å²) in [7, 11) is 0. The molecule has 1 aromatic rings. The molecule has 5 nitrogen and oxygen atoms in total. The van der Waals surface area contributed by atoms with Crippen molar-refractivity contribution in [2.75, 3.05) is 39.4 Å². The van der Waals surface area contributed by atoms with Crippen LogP contribution in [0, 0.1) is 22.7 Å². The molecule has 0 bridgehead atoms. The lowest BCUT2D eigenvalue weighted by Gasteiger charge is -2.41. The van der Waals surface area contributed by atoms with Crippen molar-refractivity contribution in [3.05, 3.63) is 47.7 Å². The highest BCUT2D eigenvalue weighted by molar-refractivity contribution is 5.34. The first-order valence-electron chi connectivity index (χ1n) is 7.98. The Kier molecular flexibility index (Phi) is 6.62. The van der Waals surface area contributed by atoms with Crippen LogP contribution in [0.1, 0.15) is 12.0 Å². The monoisotopic (exact) mass is 311 g/mol. The lowest BCUT2D eigenvalue weighted by Crippen LogP contribution is -2.55. The summed E-state index contributed by atoms with van der Waals surface area (Å²) in [5, 5.41) is 20.4. The molecular weight excluding hydrogens is 288 g/mol. The van der Waals surface area contributed by atoms with Crippen LogP contribution in [-0.2, 0) is 11.3 Å². The Morgan fingerprint density at radius 2 is 1.87 bits per heavy atom. The van der Waals surface area contributed by atoms with Gasteiger partial charge in [-0.2, -0.15) is 10.5 Å². The zero-order valence-electron chi connectivity index (χ0n) is 13.4. The summed E-state index contributed by atoms with van der Waals surface area (Å²) >= 11 is 0. The highest BCUT2D eigenvalue weighted by Crippen LogP contribution is 2.18. The van der Waals surface area contributed by atoms with Crippen molar-refractivity contribution in [3.63, 3.8) is 0 Å². The van der Waals surface area contributed by atoms with Crippen LogP contribution < -0.4 is 5.32 Å². The maximum atomic E-state index is 8.69. The van der Waals surface area contributed by atoms with Crippen molar-refractivity contribution in [2.24, 2.45) is 0 Å². The number of benzene rings is 1. The molecule has 0 atom stereocenters. The third-order valence-electron chi connectivity index (χ3n) is 4.22. The molecule has 0 spiro atoms. The Balaban J connectivity index is 1.88. The minimum atomic E-state index is 0.115. The van der Waals surface area contributed by atoms with E-state index < -0.39 is 0 Å². The highest BCUT2D eigenvalue weighted by Gasteiger charge is 2.30. The van der Waals surface area contributed by atoms with Gasteiger partial charge in [0.15, 0.2) is 0 Å². The molecule has 0 unspecified atom stereocenters. The first-order valence-corrected chi connectivity index (χ1v) is 7.98. The van der Waals surface area contributed by atoms with Crippen LogP contribution in [0.3, 0.4) is 0 Å². The molecule has 0 amide bonds. The number of nitrogens with zero attached hydrogens (tertiary/aromatic N) is 3. The molecular formula is C18H23N4O+. The van der Waals surface area contributed by atoms with E-state index in [0.717, 1.165) is 56.8 Å². The van der Waals surface area contributed by atoms with Crippen molar-refractivity contribution >= 4 is 0 Å². The lowest BCUT2D eigenvalue weighted by molar-refractivity contribution is -0.947. The van der Waals surface area contributed by atoms with Gasteiger partial charge in [0.1, 0.15) is 37.3 Å². The molecule has 1 aromatic carbocycles. The van der Waals surface area contributed by atoms with Crippen LogP contribution in [0.4, 0.5) is 0 Å². The van der Waals surface area contributed by atoms with Crippen LogP contribution in [-0.4, -0.2) is 43.9 Å². The maximum Gasteiger partial charge on any atom is 0.145 e. The molecule has 1 heterocycles. The Bertz CT molecular complexity index is 576. The Morgan fingerprint density at radius 3 is 2.52 bits per heavy atom. The normalized spacial score (nSPS) is 15.9. The second-order valence-corrected chi connectivity index (χ2v) is 5.86. The van der Waals surface area contributed by atoms with Gasteiger partial charge >= 0.3 is 0 Å². The van der Waals surface area contributed by atoms with Gasteiger partial charge in [-0.3, -0.25) is 0 Å². The van der Waals surface area contributed by atoms with Crippen LogP contribution in [0.25, 0.3) is 0 Å². The van der Waals surface area contributed by atoms with Crippen LogP contribution >= 0.6 is 0 Å². The van der Waals surface area contributed by atoms with E-state index in [1.807, 2.05) is 18.2 Å². The number of ether oxygens (including phenoxy) is 1. The zero-order valence-corrected chi connectivity index (χ0v) is 13.4. The standard InChI is InChI=1S/C18H23N4O/c19-13-18(14-20)15-21-7-4-8-22(9-11-23-12-10-22)16-17-5-2-1-3-6-17/h1-3,5-6,15,21H,4,7-12,16H2/q+1. The van der Waals surface area contributed by atoms with Gasteiger partial charge in [-0.15, -0.1) is 0 Å². The van der Waals surface area contributed by atoms with Gasteiger partial charge in [0.2, 0.25) is 0 Å². The van der Waals surface area contributed by atoms with Crippen LogP contribution in [0.2, 0.25) is 0 Å². The molecule has 1 aliphatic heterocycles. The van der Waals surface area contributed by atoms with Gasteiger partial charge in [-0.25, -0.2) is 0 Å². The second kappa shape index (κ2) is 8.95. The number of allylic oxidation sites excluding steroid dienone is 1. The van der Waals surface area contributed by atoms with Crippen molar-refractivity contribution < 1.29 is 9.22 Å². The second-order valence-electron chi connectivity index (χ2n) is 5.86. The molecule has 1 saturated heterocycles. The van der Waals surface area contributed by atoms with E-state index in [0.29, 0.717) is 0 Å². The number of hydrogen-bond donors (Lipinski definition) is 1. The summed E-state index contributed by atoms with van der Waals surface area (Å²) in [5.41, 5.74) is 1.48. The fourth-order valence-corrected chi connectivity index (χ4v) is 2.94. The van der Waals surface area contributed by atoms with E-state index in [2.05, 4.69) is 29.6 Å². The van der Waals surface area contributed by atoms with E-state index in [9.17, 15) is 0 Å². The molecule has 120 valence electrons. The SMILES string of the molecule is N#CC(C#N)=CNCCC[N+]1(Cc2ccccc2)CCOCC1. The Labute approximate surface area is 138 Å². The number of quaternary nitrogens is 1. The van der Waals surface area contributed by atoms with Gasteiger partial charge in [0.05, 0.1) is 19.8 Å². The Morgan fingerprint density at radius 1 is 1.17 bits per heavy atom. The fraction of sp³-hybridized carbons (Fsp3) is 0.444. The summed E-state index contributed by atoms with van der Waals surface area (Å²) in [6, 6.07) is 14.3. The van der Waals surface area contributed by atoms with Crippen LogP contribution in [0.15, 0.2) is 42.1 Å². The smallest absolute Gasteiger partial charge is 0.145 e. The van der Waals surface area contributed by atoms with Gasteiger partial charge in [0.25, 0.3) is 0 Å². The van der Waals surface area contributed by atoms with Gasteiger partial charge < -0.3 is 14.5 Å². The van der Waals surface area contributed by atoms with Gasteiger partial charge in [-0.1, -0.05) is 30.3 Å².